The molecule has 2 unspecified atom stereocenters. The van der Waals surface area contributed by atoms with Gasteiger partial charge in [0.2, 0.25) is 0 Å². The SMILES string of the molecule is Cc1ncc(N)cc1C(=O)NC1CCN2CCCCC12. The van der Waals surface area contributed by atoms with Crippen LogP contribution in [-0.2, 0) is 0 Å². The van der Waals surface area contributed by atoms with E-state index in [1.54, 1.807) is 12.3 Å². The number of nitrogens with one attached hydrogen (secondary N) is 1. The lowest BCUT2D eigenvalue weighted by Crippen LogP contribution is -2.46. The lowest BCUT2D eigenvalue weighted by Gasteiger charge is -2.32. The molecule has 0 spiro atoms. The largest absolute Gasteiger partial charge is 0.397 e. The van der Waals surface area contributed by atoms with Crippen molar-refractivity contribution in [3.8, 4) is 0 Å². The number of rotatable bonds is 2. The van der Waals surface area contributed by atoms with E-state index in [1.807, 2.05) is 6.92 Å². The molecule has 20 heavy (non-hydrogen) atoms. The summed E-state index contributed by atoms with van der Waals surface area (Å²) in [7, 11) is 0. The van der Waals surface area contributed by atoms with E-state index in [0.29, 0.717) is 17.3 Å². The number of piperidine rings is 1. The second-order valence-electron chi connectivity index (χ2n) is 5.87. The molecular weight excluding hydrogens is 252 g/mol. The summed E-state index contributed by atoms with van der Waals surface area (Å²) in [6.45, 7) is 4.12. The first-order valence-electron chi connectivity index (χ1n) is 7.42. The van der Waals surface area contributed by atoms with Gasteiger partial charge in [-0.1, -0.05) is 6.42 Å². The maximum Gasteiger partial charge on any atom is 0.253 e. The Morgan fingerprint density at radius 2 is 2.25 bits per heavy atom. The van der Waals surface area contributed by atoms with E-state index in [0.717, 1.165) is 18.7 Å². The van der Waals surface area contributed by atoms with Crippen molar-refractivity contribution in [3.05, 3.63) is 23.5 Å². The summed E-state index contributed by atoms with van der Waals surface area (Å²) in [5, 5.41) is 3.19. The van der Waals surface area contributed by atoms with Crippen molar-refractivity contribution < 1.29 is 4.79 Å². The molecule has 2 aliphatic rings. The van der Waals surface area contributed by atoms with Crippen molar-refractivity contribution in [2.75, 3.05) is 18.8 Å². The van der Waals surface area contributed by atoms with Crippen molar-refractivity contribution in [2.45, 2.75) is 44.7 Å². The molecule has 3 rings (SSSR count). The minimum absolute atomic E-state index is 0.0419. The second-order valence-corrected chi connectivity index (χ2v) is 5.87. The van der Waals surface area contributed by atoms with Crippen LogP contribution in [0.3, 0.4) is 0 Å². The average Bonchev–Trinajstić information content (AvgIpc) is 2.85. The van der Waals surface area contributed by atoms with E-state index in [9.17, 15) is 4.79 Å². The van der Waals surface area contributed by atoms with Crippen LogP contribution in [0.2, 0.25) is 0 Å². The normalized spacial score (nSPS) is 26.2. The summed E-state index contributed by atoms with van der Waals surface area (Å²) in [6, 6.07) is 2.50. The molecule has 2 fully saturated rings. The van der Waals surface area contributed by atoms with Gasteiger partial charge in [0.1, 0.15) is 0 Å². The summed E-state index contributed by atoms with van der Waals surface area (Å²) in [5.41, 5.74) is 7.59. The van der Waals surface area contributed by atoms with Crippen LogP contribution in [0.1, 0.15) is 41.7 Å². The number of nitrogens with zero attached hydrogens (tertiary/aromatic N) is 2. The predicted molar refractivity (Wildman–Crippen MR) is 78.5 cm³/mol. The van der Waals surface area contributed by atoms with Crippen molar-refractivity contribution in [2.24, 2.45) is 0 Å². The third kappa shape index (κ3) is 2.50. The van der Waals surface area contributed by atoms with Crippen LogP contribution in [0.25, 0.3) is 0 Å². The van der Waals surface area contributed by atoms with Crippen LogP contribution < -0.4 is 11.1 Å². The van der Waals surface area contributed by atoms with Gasteiger partial charge in [0, 0.05) is 18.6 Å². The maximum atomic E-state index is 12.4. The monoisotopic (exact) mass is 274 g/mol. The van der Waals surface area contributed by atoms with E-state index in [2.05, 4.69) is 15.2 Å². The Bertz CT molecular complexity index is 517. The molecule has 0 aliphatic carbocycles. The molecule has 1 aromatic heterocycles. The predicted octanol–water partition coefficient (Wildman–Crippen LogP) is 1.33. The number of nitrogen functional groups attached to an aromatic ring is 1. The van der Waals surface area contributed by atoms with Gasteiger partial charge in [-0.25, -0.2) is 0 Å². The first-order chi connectivity index (χ1) is 9.65. The molecule has 0 radical (unpaired) electrons. The number of carbonyl (C=O) groups is 1. The number of fused-ring (bicyclic) bond motifs is 1. The van der Waals surface area contributed by atoms with Gasteiger partial charge in [0.25, 0.3) is 5.91 Å². The zero-order chi connectivity index (χ0) is 14.1. The number of nitrogens with two attached hydrogens (primary N) is 1. The lowest BCUT2D eigenvalue weighted by atomic mass is 9.98. The number of anilines is 1. The van der Waals surface area contributed by atoms with Gasteiger partial charge in [-0.15, -0.1) is 0 Å². The molecule has 1 amide bonds. The molecule has 108 valence electrons. The third-order valence-electron chi connectivity index (χ3n) is 4.53. The third-order valence-corrected chi connectivity index (χ3v) is 4.53. The molecule has 0 aromatic carbocycles. The maximum absolute atomic E-state index is 12.4. The first-order valence-corrected chi connectivity index (χ1v) is 7.42. The van der Waals surface area contributed by atoms with Crippen molar-refractivity contribution in [3.63, 3.8) is 0 Å². The molecule has 2 atom stereocenters. The lowest BCUT2D eigenvalue weighted by molar-refractivity contribution is 0.0914. The average molecular weight is 274 g/mol. The van der Waals surface area contributed by atoms with Gasteiger partial charge < -0.3 is 11.1 Å². The molecule has 3 heterocycles. The van der Waals surface area contributed by atoms with Gasteiger partial charge in [-0.2, -0.15) is 0 Å². The van der Waals surface area contributed by atoms with Gasteiger partial charge >= 0.3 is 0 Å². The smallest absolute Gasteiger partial charge is 0.253 e. The Morgan fingerprint density at radius 1 is 1.40 bits per heavy atom. The molecule has 5 heteroatoms. The summed E-state index contributed by atoms with van der Waals surface area (Å²) >= 11 is 0. The van der Waals surface area contributed by atoms with Gasteiger partial charge in [0.05, 0.1) is 23.1 Å². The van der Waals surface area contributed by atoms with E-state index in [1.165, 1.54) is 25.8 Å². The number of amides is 1. The number of carbonyl (C=O) groups excluding carboxylic acids is 1. The summed E-state index contributed by atoms with van der Waals surface area (Å²) in [4.78, 5) is 19.1. The van der Waals surface area contributed by atoms with Crippen molar-refractivity contribution >= 4 is 11.6 Å². The van der Waals surface area contributed by atoms with Crippen LogP contribution in [0.4, 0.5) is 5.69 Å². The standard InChI is InChI=1S/C15H22N4O/c1-10-12(8-11(16)9-17-10)15(20)18-13-5-7-19-6-3-2-4-14(13)19/h8-9,13-14H,2-7,16H2,1H3,(H,18,20). The summed E-state index contributed by atoms with van der Waals surface area (Å²) in [6.07, 6.45) is 6.39. The highest BCUT2D eigenvalue weighted by Gasteiger charge is 2.36. The zero-order valence-electron chi connectivity index (χ0n) is 11.9. The molecule has 1 aromatic rings. The van der Waals surface area contributed by atoms with E-state index in [4.69, 9.17) is 5.73 Å². The number of aryl methyl sites for hydroxylation is 1. The van der Waals surface area contributed by atoms with E-state index >= 15 is 0 Å². The van der Waals surface area contributed by atoms with Crippen LogP contribution in [0.15, 0.2) is 12.3 Å². The van der Waals surface area contributed by atoms with Crippen molar-refractivity contribution in [1.29, 1.82) is 0 Å². The molecule has 0 saturated carbocycles. The zero-order valence-corrected chi connectivity index (χ0v) is 11.9. The van der Waals surface area contributed by atoms with Gasteiger partial charge in [-0.3, -0.25) is 14.7 Å². The van der Waals surface area contributed by atoms with Crippen LogP contribution in [0, 0.1) is 6.92 Å². The molecule has 2 saturated heterocycles. The summed E-state index contributed by atoms with van der Waals surface area (Å²) in [5.74, 6) is -0.0419. The fourth-order valence-corrected chi connectivity index (χ4v) is 3.44. The Kier molecular flexibility index (Phi) is 3.61. The highest BCUT2D eigenvalue weighted by molar-refractivity contribution is 5.96. The first kappa shape index (κ1) is 13.4. The molecular formula is C15H22N4O. The van der Waals surface area contributed by atoms with E-state index < -0.39 is 0 Å². The highest BCUT2D eigenvalue weighted by atomic mass is 16.1. The van der Waals surface area contributed by atoms with Gasteiger partial charge in [0.15, 0.2) is 0 Å². The minimum atomic E-state index is -0.0419. The molecule has 0 bridgehead atoms. The minimum Gasteiger partial charge on any atom is -0.397 e. The van der Waals surface area contributed by atoms with Crippen LogP contribution in [0.5, 0.6) is 0 Å². The fraction of sp³-hybridized carbons (Fsp3) is 0.600. The Balaban J connectivity index is 1.71. The molecule has 3 N–H and O–H groups in total. The quantitative estimate of drug-likeness (QED) is 0.853. The topological polar surface area (TPSA) is 71.2 Å². The van der Waals surface area contributed by atoms with Crippen LogP contribution in [-0.4, -0.2) is 41.0 Å². The van der Waals surface area contributed by atoms with E-state index in [-0.39, 0.29) is 11.9 Å². The second kappa shape index (κ2) is 5.40. The Morgan fingerprint density at radius 3 is 3.10 bits per heavy atom. The molecule has 5 nitrogen and oxygen atoms in total. The number of hydrogen-bond acceptors (Lipinski definition) is 4. The number of pyridine rings is 1. The van der Waals surface area contributed by atoms with Crippen LogP contribution >= 0.6 is 0 Å². The highest BCUT2D eigenvalue weighted by Crippen LogP contribution is 2.27. The number of hydrogen-bond donors (Lipinski definition) is 2. The number of aromatic nitrogens is 1. The molecule has 2 aliphatic heterocycles. The summed E-state index contributed by atoms with van der Waals surface area (Å²) < 4.78 is 0. The Hall–Kier alpha value is -1.62. The Labute approximate surface area is 119 Å². The van der Waals surface area contributed by atoms with Crippen molar-refractivity contribution in [1.82, 2.24) is 15.2 Å². The fourth-order valence-electron chi connectivity index (χ4n) is 3.44. The van der Waals surface area contributed by atoms with Gasteiger partial charge in [-0.05, 0) is 38.8 Å².